The molecule has 168 valence electrons. The lowest BCUT2D eigenvalue weighted by atomic mass is 10.2. The van der Waals surface area contributed by atoms with Crippen molar-refractivity contribution in [1.29, 1.82) is 0 Å². The van der Waals surface area contributed by atoms with Crippen LogP contribution in [0.3, 0.4) is 0 Å². The molecule has 0 bridgehead atoms. The van der Waals surface area contributed by atoms with Crippen molar-refractivity contribution in [1.82, 2.24) is 0 Å². The first-order valence-electron chi connectivity index (χ1n) is 8.98. The van der Waals surface area contributed by atoms with E-state index in [2.05, 4.69) is 5.32 Å². The van der Waals surface area contributed by atoms with Crippen molar-refractivity contribution in [3.05, 3.63) is 88.4 Å². The van der Waals surface area contributed by atoms with Gasteiger partial charge in [0.2, 0.25) is 5.91 Å². The van der Waals surface area contributed by atoms with Crippen molar-refractivity contribution < 1.29 is 26.4 Å². The molecular formula is C21H15Cl2F3N2O3S. The maximum Gasteiger partial charge on any atom is 0.416 e. The third kappa shape index (κ3) is 5.53. The van der Waals surface area contributed by atoms with Gasteiger partial charge >= 0.3 is 6.18 Å². The molecule has 0 radical (unpaired) electrons. The van der Waals surface area contributed by atoms with Crippen molar-refractivity contribution in [2.24, 2.45) is 0 Å². The Morgan fingerprint density at radius 2 is 1.62 bits per heavy atom. The Balaban J connectivity index is 1.95. The van der Waals surface area contributed by atoms with E-state index in [0.29, 0.717) is 0 Å². The maximum absolute atomic E-state index is 13.2. The normalized spacial score (nSPS) is 11.8. The second-order valence-corrected chi connectivity index (χ2v) is 9.25. The van der Waals surface area contributed by atoms with Gasteiger partial charge in [-0.15, -0.1) is 0 Å². The quantitative estimate of drug-likeness (QED) is 0.459. The number of amides is 1. The van der Waals surface area contributed by atoms with Gasteiger partial charge < -0.3 is 5.32 Å². The van der Waals surface area contributed by atoms with Crippen molar-refractivity contribution in [3.8, 4) is 0 Å². The number of hydrogen-bond donors (Lipinski definition) is 1. The lowest BCUT2D eigenvalue weighted by Gasteiger charge is -2.25. The molecule has 1 N–H and O–H groups in total. The molecule has 32 heavy (non-hydrogen) atoms. The van der Waals surface area contributed by atoms with Crippen LogP contribution in [0.2, 0.25) is 10.0 Å². The van der Waals surface area contributed by atoms with E-state index in [1.165, 1.54) is 48.5 Å². The molecule has 0 spiro atoms. The molecule has 0 heterocycles. The number of anilines is 2. The molecule has 5 nitrogen and oxygen atoms in total. The molecule has 3 aromatic rings. The van der Waals surface area contributed by atoms with Gasteiger partial charge in [-0.25, -0.2) is 8.42 Å². The van der Waals surface area contributed by atoms with Crippen molar-refractivity contribution >= 4 is 50.5 Å². The minimum atomic E-state index is -4.60. The summed E-state index contributed by atoms with van der Waals surface area (Å²) in [5, 5.41) is 2.52. The van der Waals surface area contributed by atoms with Crippen LogP contribution in [0, 0.1) is 0 Å². The molecule has 0 aromatic heterocycles. The number of halogens is 5. The van der Waals surface area contributed by atoms with Crippen LogP contribution >= 0.6 is 23.2 Å². The summed E-state index contributed by atoms with van der Waals surface area (Å²) < 4.78 is 66.1. The Morgan fingerprint density at radius 1 is 0.938 bits per heavy atom. The Morgan fingerprint density at radius 3 is 2.25 bits per heavy atom. The minimum Gasteiger partial charge on any atom is -0.325 e. The summed E-state index contributed by atoms with van der Waals surface area (Å²) in [6.45, 7) is -0.741. The van der Waals surface area contributed by atoms with Gasteiger partial charge in [-0.05, 0) is 48.5 Å². The SMILES string of the molecule is O=C(CN(c1ccc(Cl)cc1Cl)S(=O)(=O)c1ccccc1)Nc1cccc(C(F)(F)F)c1. The summed E-state index contributed by atoms with van der Waals surface area (Å²) in [4.78, 5) is 12.5. The summed E-state index contributed by atoms with van der Waals surface area (Å²) >= 11 is 12.1. The molecule has 0 saturated heterocycles. The minimum absolute atomic E-state index is 0.0147. The first-order chi connectivity index (χ1) is 15.0. The van der Waals surface area contributed by atoms with Gasteiger partial charge in [0.05, 0.1) is 21.2 Å². The van der Waals surface area contributed by atoms with E-state index in [0.717, 1.165) is 22.5 Å². The van der Waals surface area contributed by atoms with E-state index in [1.54, 1.807) is 6.07 Å². The lowest BCUT2D eigenvalue weighted by molar-refractivity contribution is -0.137. The standard InChI is InChI=1S/C21H15Cl2F3N2O3S/c22-15-9-10-19(18(23)12-15)28(32(30,31)17-7-2-1-3-8-17)13-20(29)27-16-6-4-5-14(11-16)21(24,25)26/h1-12H,13H2,(H,27,29). The van der Waals surface area contributed by atoms with Gasteiger partial charge in [-0.2, -0.15) is 13.2 Å². The summed E-state index contributed by atoms with van der Waals surface area (Å²) in [6.07, 6.45) is -4.60. The summed E-state index contributed by atoms with van der Waals surface area (Å²) in [5.41, 5.74) is -1.10. The summed E-state index contributed by atoms with van der Waals surface area (Å²) in [6, 6.07) is 15.4. The van der Waals surface area contributed by atoms with Gasteiger partial charge in [0.25, 0.3) is 10.0 Å². The molecule has 0 fully saturated rings. The number of hydrogen-bond acceptors (Lipinski definition) is 3. The van der Waals surface area contributed by atoms with Crippen LogP contribution in [0.25, 0.3) is 0 Å². The van der Waals surface area contributed by atoms with E-state index in [1.807, 2.05) is 0 Å². The van der Waals surface area contributed by atoms with Crippen LogP contribution in [0.5, 0.6) is 0 Å². The number of alkyl halides is 3. The average molecular weight is 503 g/mol. The zero-order valence-electron chi connectivity index (χ0n) is 16.1. The van der Waals surface area contributed by atoms with Crippen LogP contribution in [-0.2, 0) is 21.0 Å². The maximum atomic E-state index is 13.2. The molecule has 1 amide bonds. The fourth-order valence-corrected chi connectivity index (χ4v) is 4.83. The second kappa shape index (κ2) is 9.40. The number of nitrogens with one attached hydrogen (secondary N) is 1. The third-order valence-electron chi connectivity index (χ3n) is 4.27. The molecule has 0 aliphatic heterocycles. The Hall–Kier alpha value is -2.75. The predicted molar refractivity (Wildman–Crippen MR) is 118 cm³/mol. The molecule has 3 rings (SSSR count). The Kier molecular flexibility index (Phi) is 7.02. The highest BCUT2D eigenvalue weighted by molar-refractivity contribution is 7.92. The van der Waals surface area contributed by atoms with E-state index < -0.39 is 34.2 Å². The van der Waals surface area contributed by atoms with Crippen LogP contribution < -0.4 is 9.62 Å². The lowest BCUT2D eigenvalue weighted by Crippen LogP contribution is -2.38. The van der Waals surface area contributed by atoms with E-state index in [4.69, 9.17) is 23.2 Å². The molecule has 0 aliphatic rings. The van der Waals surface area contributed by atoms with Crippen molar-refractivity contribution in [2.45, 2.75) is 11.1 Å². The van der Waals surface area contributed by atoms with E-state index in [-0.39, 0.29) is 26.3 Å². The highest BCUT2D eigenvalue weighted by atomic mass is 35.5. The fourth-order valence-electron chi connectivity index (χ4n) is 2.81. The van der Waals surface area contributed by atoms with Crippen LogP contribution in [-0.4, -0.2) is 20.9 Å². The smallest absolute Gasteiger partial charge is 0.325 e. The van der Waals surface area contributed by atoms with Gasteiger partial charge in [-0.1, -0.05) is 47.5 Å². The van der Waals surface area contributed by atoms with E-state index >= 15 is 0 Å². The topological polar surface area (TPSA) is 66.5 Å². The van der Waals surface area contributed by atoms with Gasteiger partial charge in [-0.3, -0.25) is 9.10 Å². The van der Waals surface area contributed by atoms with E-state index in [9.17, 15) is 26.4 Å². The molecule has 0 saturated carbocycles. The zero-order chi connectivity index (χ0) is 23.5. The third-order valence-corrected chi connectivity index (χ3v) is 6.58. The van der Waals surface area contributed by atoms with Crippen molar-refractivity contribution in [2.75, 3.05) is 16.2 Å². The number of carbonyl (C=O) groups excluding carboxylic acids is 1. The van der Waals surface area contributed by atoms with Crippen molar-refractivity contribution in [3.63, 3.8) is 0 Å². The Bertz CT molecular complexity index is 1240. The average Bonchev–Trinajstić information content (AvgIpc) is 2.73. The van der Waals surface area contributed by atoms with Gasteiger partial charge in [0, 0.05) is 10.7 Å². The zero-order valence-corrected chi connectivity index (χ0v) is 18.4. The summed E-state index contributed by atoms with van der Waals surface area (Å²) in [7, 11) is -4.24. The first kappa shape index (κ1) is 23.9. The molecule has 0 aliphatic carbocycles. The Labute approximate surface area is 192 Å². The predicted octanol–water partition coefficient (Wildman–Crippen LogP) is 5.85. The molecule has 3 aromatic carbocycles. The largest absolute Gasteiger partial charge is 0.416 e. The van der Waals surface area contributed by atoms with Crippen LogP contribution in [0.15, 0.2) is 77.7 Å². The number of sulfonamides is 1. The summed E-state index contributed by atoms with van der Waals surface area (Å²) in [5.74, 6) is -0.866. The highest BCUT2D eigenvalue weighted by Crippen LogP contribution is 2.33. The molecule has 11 heteroatoms. The van der Waals surface area contributed by atoms with Crippen LogP contribution in [0.4, 0.5) is 24.5 Å². The first-order valence-corrected chi connectivity index (χ1v) is 11.2. The number of carbonyl (C=O) groups is 1. The number of rotatable bonds is 6. The molecular weight excluding hydrogens is 488 g/mol. The monoisotopic (exact) mass is 502 g/mol. The van der Waals surface area contributed by atoms with Crippen LogP contribution in [0.1, 0.15) is 5.56 Å². The van der Waals surface area contributed by atoms with Gasteiger partial charge in [0.1, 0.15) is 6.54 Å². The second-order valence-electron chi connectivity index (χ2n) is 6.55. The number of benzene rings is 3. The van der Waals surface area contributed by atoms with Gasteiger partial charge in [0.15, 0.2) is 0 Å². The number of nitrogens with zero attached hydrogens (tertiary/aromatic N) is 1. The fraction of sp³-hybridized carbons (Fsp3) is 0.0952. The molecule has 0 atom stereocenters. The highest BCUT2D eigenvalue weighted by Gasteiger charge is 2.31. The molecule has 0 unspecified atom stereocenters.